The lowest BCUT2D eigenvalue weighted by Gasteiger charge is -2.54. The van der Waals surface area contributed by atoms with Gasteiger partial charge in [-0.3, -0.25) is 0 Å². The van der Waals surface area contributed by atoms with Gasteiger partial charge >= 0.3 is 11.9 Å². The molecule has 2 aromatic heterocycles. The third-order valence-corrected chi connectivity index (χ3v) is 8.23. The molecule has 5 rings (SSSR count). The van der Waals surface area contributed by atoms with Crippen molar-refractivity contribution in [3.8, 4) is 0 Å². The Bertz CT molecular complexity index is 1390. The number of aromatic nitrogens is 4. The van der Waals surface area contributed by atoms with Crippen LogP contribution in [0.4, 0.5) is 0 Å². The quantitative estimate of drug-likeness (QED) is 0.483. The van der Waals surface area contributed by atoms with E-state index in [9.17, 15) is 9.59 Å². The summed E-state index contributed by atoms with van der Waals surface area (Å²) in [5.41, 5.74) is 2.48. The van der Waals surface area contributed by atoms with Crippen molar-refractivity contribution in [2.24, 2.45) is 31.3 Å². The molecule has 0 spiro atoms. The van der Waals surface area contributed by atoms with E-state index in [1.165, 1.54) is 12.4 Å². The van der Waals surface area contributed by atoms with Crippen LogP contribution in [-0.4, -0.2) is 43.2 Å². The number of carbonyl (C=O) groups is 2. The van der Waals surface area contributed by atoms with Crippen molar-refractivity contribution in [1.29, 1.82) is 0 Å². The molecule has 8 heteroatoms. The molecule has 0 amide bonds. The van der Waals surface area contributed by atoms with Crippen LogP contribution in [0.5, 0.6) is 0 Å². The van der Waals surface area contributed by atoms with Gasteiger partial charge in [-0.05, 0) is 29.4 Å². The van der Waals surface area contributed by atoms with Crippen LogP contribution in [0.1, 0.15) is 51.9 Å². The van der Waals surface area contributed by atoms with Gasteiger partial charge in [0.2, 0.25) is 0 Å². The van der Waals surface area contributed by atoms with E-state index in [4.69, 9.17) is 9.47 Å². The summed E-state index contributed by atoms with van der Waals surface area (Å²) in [7, 11) is 3.49. The smallest absolute Gasteiger partial charge is 0.357 e. The highest BCUT2D eigenvalue weighted by atomic mass is 16.6. The predicted molar refractivity (Wildman–Crippen MR) is 138 cm³/mol. The fraction of sp³-hybridized carbons (Fsp3) is 0.379. The molecule has 1 fully saturated rings. The second-order valence-corrected chi connectivity index (χ2v) is 10.3. The van der Waals surface area contributed by atoms with E-state index < -0.39 is 24.1 Å². The van der Waals surface area contributed by atoms with Gasteiger partial charge in [-0.1, -0.05) is 62.4 Å². The van der Waals surface area contributed by atoms with E-state index in [1.54, 1.807) is 35.9 Å². The molecular formula is C29H32N4O4. The molecule has 0 radical (unpaired) electrons. The Labute approximate surface area is 216 Å². The first kappa shape index (κ1) is 24.7. The van der Waals surface area contributed by atoms with Crippen molar-refractivity contribution in [3.05, 3.63) is 96.1 Å². The van der Waals surface area contributed by atoms with Crippen molar-refractivity contribution < 1.29 is 19.1 Å². The minimum Gasteiger partial charge on any atom is -0.453 e. The van der Waals surface area contributed by atoms with Gasteiger partial charge in [-0.15, -0.1) is 0 Å². The highest BCUT2D eigenvalue weighted by molar-refractivity contribution is 5.88. The van der Waals surface area contributed by atoms with E-state index in [0.717, 1.165) is 11.1 Å². The highest BCUT2D eigenvalue weighted by Crippen LogP contribution is 2.56. The molecule has 0 saturated heterocycles. The number of ether oxygens (including phenoxy) is 2. The number of carbonyl (C=O) groups excluding carboxylic acids is 2. The van der Waals surface area contributed by atoms with Gasteiger partial charge in [-0.25, -0.2) is 19.6 Å². The Hall–Kier alpha value is -3.94. The molecule has 0 aliphatic heterocycles. The Morgan fingerprint density at radius 2 is 1.51 bits per heavy atom. The number of hydrogen-bond acceptors (Lipinski definition) is 6. The standard InChI is InChI=1S/C29H32N4O4/c1-18-10-6-7-11-20(18)24-21-12-8-9-13-29(21,3)19(2)25(36-27(34)22-14-30-16-32(22)4)26(24)37-28(35)23-15-31-17-33(23)5/h6-17,19,21,24-26H,1-5H3. The van der Waals surface area contributed by atoms with Crippen molar-refractivity contribution in [2.45, 2.75) is 38.9 Å². The first-order chi connectivity index (χ1) is 17.7. The van der Waals surface area contributed by atoms with Crippen LogP contribution >= 0.6 is 0 Å². The van der Waals surface area contributed by atoms with Gasteiger partial charge in [0.15, 0.2) is 0 Å². The molecular weight excluding hydrogens is 468 g/mol. The summed E-state index contributed by atoms with van der Waals surface area (Å²) >= 11 is 0. The Morgan fingerprint density at radius 1 is 0.919 bits per heavy atom. The first-order valence-electron chi connectivity index (χ1n) is 12.5. The van der Waals surface area contributed by atoms with Crippen LogP contribution in [0, 0.1) is 24.2 Å². The van der Waals surface area contributed by atoms with E-state index in [0.29, 0.717) is 11.4 Å². The summed E-state index contributed by atoms with van der Waals surface area (Å²) in [5, 5.41) is 0. The van der Waals surface area contributed by atoms with Gasteiger partial charge in [0, 0.05) is 25.9 Å². The minimum atomic E-state index is -0.732. The summed E-state index contributed by atoms with van der Waals surface area (Å²) in [6.07, 6.45) is 13.1. The number of esters is 2. The van der Waals surface area contributed by atoms with Gasteiger partial charge in [-0.2, -0.15) is 0 Å². The van der Waals surface area contributed by atoms with Crippen molar-refractivity contribution in [1.82, 2.24) is 19.1 Å². The van der Waals surface area contributed by atoms with Gasteiger partial charge in [0.25, 0.3) is 0 Å². The second-order valence-electron chi connectivity index (χ2n) is 10.3. The zero-order valence-electron chi connectivity index (χ0n) is 21.7. The average molecular weight is 501 g/mol. The van der Waals surface area contributed by atoms with Crippen molar-refractivity contribution in [3.63, 3.8) is 0 Å². The largest absolute Gasteiger partial charge is 0.453 e. The van der Waals surface area contributed by atoms with Crippen LogP contribution in [0.25, 0.3) is 0 Å². The molecule has 6 unspecified atom stereocenters. The number of imidazole rings is 2. The number of aryl methyl sites for hydroxylation is 3. The monoisotopic (exact) mass is 500 g/mol. The highest BCUT2D eigenvalue weighted by Gasteiger charge is 2.57. The summed E-state index contributed by atoms with van der Waals surface area (Å²) in [5.74, 6) is -1.38. The van der Waals surface area contributed by atoms with E-state index in [2.05, 4.69) is 55.0 Å². The van der Waals surface area contributed by atoms with Crippen LogP contribution in [0.15, 0.2) is 73.6 Å². The van der Waals surface area contributed by atoms with Crippen molar-refractivity contribution in [2.75, 3.05) is 0 Å². The molecule has 37 heavy (non-hydrogen) atoms. The lowest BCUT2D eigenvalue weighted by molar-refractivity contribution is -0.122. The zero-order valence-corrected chi connectivity index (χ0v) is 21.7. The third-order valence-electron chi connectivity index (χ3n) is 8.23. The molecule has 192 valence electrons. The molecule has 0 bridgehead atoms. The summed E-state index contributed by atoms with van der Waals surface area (Å²) in [4.78, 5) is 34.9. The van der Waals surface area contributed by atoms with Gasteiger partial charge < -0.3 is 18.6 Å². The van der Waals surface area contributed by atoms with E-state index in [1.807, 2.05) is 24.3 Å². The zero-order chi connectivity index (χ0) is 26.3. The number of benzene rings is 1. The summed E-state index contributed by atoms with van der Waals surface area (Å²) < 4.78 is 15.8. The van der Waals surface area contributed by atoms with E-state index in [-0.39, 0.29) is 23.2 Å². The molecule has 8 nitrogen and oxygen atoms in total. The maximum atomic E-state index is 13.4. The molecule has 6 atom stereocenters. The molecule has 2 aliphatic rings. The van der Waals surface area contributed by atoms with E-state index >= 15 is 0 Å². The topological polar surface area (TPSA) is 88.2 Å². The predicted octanol–water partition coefficient (Wildman–Crippen LogP) is 4.40. The van der Waals surface area contributed by atoms with Crippen LogP contribution < -0.4 is 0 Å². The molecule has 1 saturated carbocycles. The number of allylic oxidation sites excluding steroid dienone is 4. The van der Waals surface area contributed by atoms with Gasteiger partial charge in [0.05, 0.1) is 25.0 Å². The molecule has 2 heterocycles. The SMILES string of the molecule is Cc1ccccc1C1C(OC(=O)c2cncn2C)C(OC(=O)c2cncn2C)C(C)C2(C)C=CC=CC12. The summed E-state index contributed by atoms with van der Waals surface area (Å²) in [6.45, 7) is 6.32. The third kappa shape index (κ3) is 4.20. The van der Waals surface area contributed by atoms with Crippen molar-refractivity contribution >= 4 is 11.9 Å². The van der Waals surface area contributed by atoms with Crippen LogP contribution in [0.2, 0.25) is 0 Å². The lowest BCUT2D eigenvalue weighted by Crippen LogP contribution is -2.58. The first-order valence-corrected chi connectivity index (χ1v) is 12.5. The Balaban J connectivity index is 1.63. The minimum absolute atomic E-state index is 0.0181. The maximum Gasteiger partial charge on any atom is 0.357 e. The molecule has 3 aromatic rings. The van der Waals surface area contributed by atoms with Crippen LogP contribution in [0.3, 0.4) is 0 Å². The van der Waals surface area contributed by atoms with Gasteiger partial charge in [0.1, 0.15) is 23.6 Å². The second kappa shape index (κ2) is 9.50. The molecule has 1 aromatic carbocycles. The Morgan fingerprint density at radius 3 is 2.08 bits per heavy atom. The summed E-state index contributed by atoms with van der Waals surface area (Å²) in [6, 6.07) is 8.13. The molecule has 2 aliphatic carbocycles. The fourth-order valence-electron chi connectivity index (χ4n) is 5.89. The number of nitrogens with zero attached hydrogens (tertiary/aromatic N) is 4. The lowest BCUT2D eigenvalue weighted by atomic mass is 9.53. The average Bonchev–Trinajstić information content (AvgIpc) is 3.51. The Kier molecular flexibility index (Phi) is 6.35. The number of rotatable bonds is 5. The maximum absolute atomic E-state index is 13.4. The normalized spacial score (nSPS) is 28.5. The molecule has 0 N–H and O–H groups in total. The number of hydrogen-bond donors (Lipinski definition) is 0. The number of fused-ring (bicyclic) bond motifs is 1. The fourth-order valence-corrected chi connectivity index (χ4v) is 5.89. The van der Waals surface area contributed by atoms with Crippen LogP contribution in [-0.2, 0) is 23.6 Å².